The summed E-state index contributed by atoms with van der Waals surface area (Å²) in [5.74, 6) is 1.39. The van der Waals surface area contributed by atoms with E-state index in [-0.39, 0.29) is 0 Å². The molecule has 0 radical (unpaired) electrons. The van der Waals surface area contributed by atoms with E-state index in [0.717, 1.165) is 23.3 Å². The third-order valence-electron chi connectivity index (χ3n) is 6.88. The van der Waals surface area contributed by atoms with Gasteiger partial charge in [0.15, 0.2) is 0 Å². The highest BCUT2D eigenvalue weighted by atomic mass is 16.5. The number of nitrogens with two attached hydrogens (primary N) is 1. The van der Waals surface area contributed by atoms with Gasteiger partial charge in [0.2, 0.25) is 11.8 Å². The van der Waals surface area contributed by atoms with E-state index >= 15 is 0 Å². The van der Waals surface area contributed by atoms with Gasteiger partial charge in [-0.1, -0.05) is 36.4 Å². The molecule has 1 saturated carbocycles. The predicted molar refractivity (Wildman–Crippen MR) is 136 cm³/mol. The molecule has 8 nitrogen and oxygen atoms in total. The van der Waals surface area contributed by atoms with Gasteiger partial charge < -0.3 is 15.2 Å². The SMILES string of the molecule is C[C@@](C(N)=O)(c1ccc(OCC2CC2)cn1)N1CCC=C(c2ccc(OCc3ccccc3)nn2)C1. The molecule has 0 bridgehead atoms. The number of aromatic nitrogens is 3. The summed E-state index contributed by atoms with van der Waals surface area (Å²) in [5, 5.41) is 8.63. The second-order valence-electron chi connectivity index (χ2n) is 9.54. The Balaban J connectivity index is 1.26. The number of pyridine rings is 1. The Kier molecular flexibility index (Phi) is 6.95. The summed E-state index contributed by atoms with van der Waals surface area (Å²) in [7, 11) is 0. The Morgan fingerprint density at radius 2 is 1.92 bits per heavy atom. The molecule has 1 fully saturated rings. The van der Waals surface area contributed by atoms with E-state index in [1.54, 1.807) is 6.20 Å². The number of carbonyl (C=O) groups excluding carboxylic acids is 1. The van der Waals surface area contributed by atoms with Gasteiger partial charge in [-0.05, 0) is 61.4 Å². The zero-order chi connectivity index (χ0) is 25.0. The zero-order valence-corrected chi connectivity index (χ0v) is 20.5. The van der Waals surface area contributed by atoms with Gasteiger partial charge in [0.05, 0.1) is 24.2 Å². The van der Waals surface area contributed by atoms with Gasteiger partial charge in [-0.25, -0.2) is 0 Å². The first-order valence-corrected chi connectivity index (χ1v) is 12.4. The molecular formula is C28H31N5O3. The minimum absolute atomic E-state index is 0.430. The fourth-order valence-corrected chi connectivity index (χ4v) is 4.31. The maximum absolute atomic E-state index is 12.8. The Labute approximate surface area is 211 Å². The van der Waals surface area contributed by atoms with Gasteiger partial charge in [-0.15, -0.1) is 10.2 Å². The number of primary amides is 1. The van der Waals surface area contributed by atoms with Crippen LogP contribution in [0.3, 0.4) is 0 Å². The summed E-state index contributed by atoms with van der Waals surface area (Å²) in [6.45, 7) is 4.15. The van der Waals surface area contributed by atoms with Gasteiger partial charge in [-0.2, -0.15) is 0 Å². The molecule has 1 aliphatic carbocycles. The van der Waals surface area contributed by atoms with Crippen molar-refractivity contribution in [3.8, 4) is 11.6 Å². The first-order chi connectivity index (χ1) is 17.5. The lowest BCUT2D eigenvalue weighted by Crippen LogP contribution is -2.55. The molecule has 0 spiro atoms. The number of amides is 1. The highest BCUT2D eigenvalue weighted by Crippen LogP contribution is 2.33. The second-order valence-corrected chi connectivity index (χ2v) is 9.54. The molecule has 2 aromatic heterocycles. The minimum Gasteiger partial charge on any atom is -0.492 e. The molecule has 0 unspecified atom stereocenters. The Bertz CT molecular complexity index is 1210. The second kappa shape index (κ2) is 10.5. The Morgan fingerprint density at radius 3 is 2.58 bits per heavy atom. The summed E-state index contributed by atoms with van der Waals surface area (Å²) >= 11 is 0. The maximum Gasteiger partial charge on any atom is 0.243 e. The molecule has 1 amide bonds. The fourth-order valence-electron chi connectivity index (χ4n) is 4.31. The van der Waals surface area contributed by atoms with Crippen LogP contribution in [0.15, 0.2) is 66.9 Å². The van der Waals surface area contributed by atoms with Crippen LogP contribution in [-0.2, 0) is 16.9 Å². The van der Waals surface area contributed by atoms with Crippen molar-refractivity contribution in [2.24, 2.45) is 11.7 Å². The number of benzene rings is 1. The van der Waals surface area contributed by atoms with Gasteiger partial charge in [0.25, 0.3) is 0 Å². The topological polar surface area (TPSA) is 103 Å². The van der Waals surface area contributed by atoms with Crippen molar-refractivity contribution in [3.63, 3.8) is 0 Å². The highest BCUT2D eigenvalue weighted by molar-refractivity contribution is 5.85. The molecule has 0 saturated heterocycles. The molecular weight excluding hydrogens is 454 g/mol. The molecule has 3 heterocycles. The highest BCUT2D eigenvalue weighted by Gasteiger charge is 2.42. The van der Waals surface area contributed by atoms with E-state index in [9.17, 15) is 4.79 Å². The standard InChI is InChI=1S/C28H31N5O3/c1-28(27(29)34,25-13-11-23(16-30-25)35-18-21-9-10-21)33-15-5-8-22(17-33)24-12-14-26(32-31-24)36-19-20-6-3-2-4-7-20/h2-4,6-8,11-14,16,21H,5,9-10,15,17-19H2,1H3,(H2,29,34)/t28-/m0/s1. The number of carbonyl (C=O) groups is 1. The normalized spacial score (nSPS) is 17.6. The molecule has 5 rings (SSSR count). The van der Waals surface area contributed by atoms with E-state index in [4.69, 9.17) is 15.2 Å². The van der Waals surface area contributed by atoms with Crippen LogP contribution in [0.4, 0.5) is 0 Å². The van der Waals surface area contributed by atoms with Crippen molar-refractivity contribution < 1.29 is 14.3 Å². The quantitative estimate of drug-likeness (QED) is 0.467. The first-order valence-electron chi connectivity index (χ1n) is 12.4. The summed E-state index contributed by atoms with van der Waals surface area (Å²) in [5.41, 5.74) is 8.28. The average Bonchev–Trinajstić information content (AvgIpc) is 3.76. The molecule has 2 aliphatic rings. The van der Waals surface area contributed by atoms with Crippen LogP contribution in [0.25, 0.3) is 5.57 Å². The van der Waals surface area contributed by atoms with Crippen molar-refractivity contribution >= 4 is 11.5 Å². The van der Waals surface area contributed by atoms with Crippen LogP contribution < -0.4 is 15.2 Å². The number of rotatable bonds is 10. The van der Waals surface area contributed by atoms with Crippen molar-refractivity contribution in [1.82, 2.24) is 20.1 Å². The van der Waals surface area contributed by atoms with Crippen molar-refractivity contribution in [3.05, 3.63) is 83.8 Å². The number of hydrogen-bond acceptors (Lipinski definition) is 7. The molecule has 1 aromatic carbocycles. The van der Waals surface area contributed by atoms with E-state index in [1.165, 1.54) is 12.8 Å². The van der Waals surface area contributed by atoms with Crippen molar-refractivity contribution in [1.29, 1.82) is 0 Å². The van der Waals surface area contributed by atoms with E-state index in [2.05, 4.69) is 26.2 Å². The lowest BCUT2D eigenvalue weighted by atomic mass is 9.90. The van der Waals surface area contributed by atoms with Crippen LogP contribution in [0.5, 0.6) is 11.6 Å². The lowest BCUT2D eigenvalue weighted by Gasteiger charge is -2.40. The molecule has 36 heavy (non-hydrogen) atoms. The van der Waals surface area contributed by atoms with Gasteiger partial charge in [-0.3, -0.25) is 14.7 Å². The van der Waals surface area contributed by atoms with Gasteiger partial charge in [0.1, 0.15) is 17.9 Å². The van der Waals surface area contributed by atoms with Gasteiger partial charge >= 0.3 is 0 Å². The van der Waals surface area contributed by atoms with Crippen molar-refractivity contribution in [2.75, 3.05) is 19.7 Å². The van der Waals surface area contributed by atoms with E-state index in [0.29, 0.717) is 49.5 Å². The molecule has 3 aromatic rings. The minimum atomic E-state index is -1.07. The summed E-state index contributed by atoms with van der Waals surface area (Å²) < 4.78 is 11.6. The third-order valence-corrected chi connectivity index (χ3v) is 6.88. The smallest absolute Gasteiger partial charge is 0.243 e. The first kappa shape index (κ1) is 23.9. The Morgan fingerprint density at radius 1 is 1.08 bits per heavy atom. The van der Waals surface area contributed by atoms with Crippen LogP contribution in [0.2, 0.25) is 0 Å². The Hall–Kier alpha value is -3.78. The van der Waals surface area contributed by atoms with Crippen LogP contribution in [-0.4, -0.2) is 45.7 Å². The largest absolute Gasteiger partial charge is 0.492 e. The monoisotopic (exact) mass is 485 g/mol. The maximum atomic E-state index is 12.8. The van der Waals surface area contributed by atoms with E-state index in [1.807, 2.05) is 61.5 Å². The predicted octanol–water partition coefficient (Wildman–Crippen LogP) is 3.73. The molecule has 8 heteroatoms. The van der Waals surface area contributed by atoms with Crippen LogP contribution in [0.1, 0.15) is 43.1 Å². The average molecular weight is 486 g/mol. The van der Waals surface area contributed by atoms with Crippen LogP contribution in [0, 0.1) is 5.92 Å². The fraction of sp³-hybridized carbons (Fsp3) is 0.357. The number of nitrogens with zero attached hydrogens (tertiary/aromatic N) is 4. The summed E-state index contributed by atoms with van der Waals surface area (Å²) in [6, 6.07) is 17.3. The zero-order valence-electron chi connectivity index (χ0n) is 20.5. The van der Waals surface area contributed by atoms with Crippen LogP contribution >= 0.6 is 0 Å². The van der Waals surface area contributed by atoms with Crippen molar-refractivity contribution in [2.45, 2.75) is 38.3 Å². The third kappa shape index (κ3) is 5.39. The number of ether oxygens (including phenoxy) is 2. The molecule has 1 aliphatic heterocycles. The molecule has 1 atom stereocenters. The summed E-state index contributed by atoms with van der Waals surface area (Å²) in [6.07, 6.45) is 7.02. The molecule has 186 valence electrons. The van der Waals surface area contributed by atoms with Gasteiger partial charge in [0, 0.05) is 19.2 Å². The summed E-state index contributed by atoms with van der Waals surface area (Å²) in [4.78, 5) is 19.4. The van der Waals surface area contributed by atoms with E-state index < -0.39 is 11.4 Å². The number of hydrogen-bond donors (Lipinski definition) is 1. The molecule has 2 N–H and O–H groups in total. The lowest BCUT2D eigenvalue weighted by molar-refractivity contribution is -0.130.